The largest absolute Gasteiger partial charge is 0.368 e. The van der Waals surface area contributed by atoms with Crippen LogP contribution < -0.4 is 32.3 Å². The van der Waals surface area contributed by atoms with Gasteiger partial charge in [-0.1, -0.05) is 48.5 Å². The smallest absolute Gasteiger partial charge is 0.244 e. The van der Waals surface area contributed by atoms with E-state index in [4.69, 9.17) is 5.73 Å². The Balaban J connectivity index is 1.36. The van der Waals surface area contributed by atoms with E-state index < -0.39 is 66.2 Å². The summed E-state index contributed by atoms with van der Waals surface area (Å²) >= 11 is 4.18. The highest BCUT2D eigenvalue weighted by Gasteiger charge is 2.29. The van der Waals surface area contributed by atoms with E-state index in [1.54, 1.807) is 18.3 Å². The first-order valence-electron chi connectivity index (χ1n) is 15.4. The van der Waals surface area contributed by atoms with E-state index in [2.05, 4.69) is 54.2 Å². The Morgan fingerprint density at radius 2 is 1.45 bits per heavy atom. The van der Waals surface area contributed by atoms with Crippen molar-refractivity contribution < 1.29 is 28.8 Å². The molecule has 4 rings (SSSR count). The number of imidazole rings is 1. The molecule has 15 nitrogen and oxygen atoms in total. The number of carbonyl (C=O) groups is 6. The van der Waals surface area contributed by atoms with Gasteiger partial charge < -0.3 is 42.3 Å². The Morgan fingerprint density at radius 1 is 0.776 bits per heavy atom. The number of carbonyl (C=O) groups excluding carboxylic acids is 6. The summed E-state index contributed by atoms with van der Waals surface area (Å²) in [6.45, 7) is 0.744. The third-order valence-corrected chi connectivity index (χ3v) is 7.97. The lowest BCUT2D eigenvalue weighted by Gasteiger charge is -2.23. The average Bonchev–Trinajstić information content (AvgIpc) is 3.75. The maximum Gasteiger partial charge on any atom is 0.244 e. The predicted octanol–water partition coefficient (Wildman–Crippen LogP) is -0.591. The van der Waals surface area contributed by atoms with Crippen molar-refractivity contribution in [2.24, 2.45) is 5.73 Å². The number of primary amides is 1. The Morgan fingerprint density at radius 3 is 2.12 bits per heavy atom. The van der Waals surface area contributed by atoms with Crippen LogP contribution in [0.25, 0.3) is 10.9 Å². The van der Waals surface area contributed by atoms with E-state index in [1.165, 1.54) is 19.4 Å². The summed E-state index contributed by atoms with van der Waals surface area (Å²) in [6.07, 6.45) is 4.94. The molecule has 49 heavy (non-hydrogen) atoms. The normalized spacial score (nSPS) is 13.3. The van der Waals surface area contributed by atoms with Gasteiger partial charge in [-0.2, -0.15) is 12.6 Å². The summed E-state index contributed by atoms with van der Waals surface area (Å²) in [6, 6.07) is 12.2. The molecule has 258 valence electrons. The zero-order chi connectivity index (χ0) is 35.3. The van der Waals surface area contributed by atoms with E-state index in [9.17, 15) is 28.8 Å². The van der Waals surface area contributed by atoms with Gasteiger partial charge in [-0.15, -0.1) is 0 Å². The second kappa shape index (κ2) is 17.5. The topological polar surface area (TPSA) is 233 Å². The number of H-pyrrole nitrogens is 2. The number of benzene rings is 2. The van der Waals surface area contributed by atoms with E-state index in [1.807, 2.05) is 42.5 Å². The number of aromatic nitrogens is 3. The highest BCUT2D eigenvalue weighted by Crippen LogP contribution is 2.19. The van der Waals surface area contributed by atoms with Gasteiger partial charge in [-0.3, -0.25) is 28.8 Å². The number of nitrogens with zero attached hydrogens (tertiary/aromatic N) is 1. The Hall–Kier alpha value is -5.64. The summed E-state index contributed by atoms with van der Waals surface area (Å²) in [5.74, 6) is -4.01. The molecule has 4 atom stereocenters. The third kappa shape index (κ3) is 10.7. The molecule has 0 spiro atoms. The predicted molar refractivity (Wildman–Crippen MR) is 184 cm³/mol. The van der Waals surface area contributed by atoms with Gasteiger partial charge in [0.1, 0.15) is 24.2 Å². The van der Waals surface area contributed by atoms with Crippen molar-refractivity contribution in [2.75, 3.05) is 12.3 Å². The molecule has 6 amide bonds. The summed E-state index contributed by atoms with van der Waals surface area (Å²) in [4.78, 5) is 86.6. The van der Waals surface area contributed by atoms with Crippen molar-refractivity contribution in [1.82, 2.24) is 41.5 Å². The molecule has 9 N–H and O–H groups in total. The number of rotatable bonds is 17. The maximum absolute atomic E-state index is 13.3. The minimum atomic E-state index is -1.16. The van der Waals surface area contributed by atoms with Crippen LogP contribution in [0.5, 0.6) is 0 Å². The zero-order valence-electron chi connectivity index (χ0n) is 26.7. The number of fused-ring (bicyclic) bond motifs is 1. The first kappa shape index (κ1) is 36.2. The van der Waals surface area contributed by atoms with Gasteiger partial charge in [-0.05, 0) is 17.2 Å². The van der Waals surface area contributed by atoms with Crippen LogP contribution >= 0.6 is 12.6 Å². The molecule has 0 unspecified atom stereocenters. The first-order valence-corrected chi connectivity index (χ1v) is 16.1. The van der Waals surface area contributed by atoms with Gasteiger partial charge in [0.25, 0.3) is 0 Å². The number of amides is 6. The molecule has 4 aromatic rings. The summed E-state index contributed by atoms with van der Waals surface area (Å²) in [5.41, 5.74) is 8.55. The van der Waals surface area contributed by atoms with Crippen LogP contribution in [0.3, 0.4) is 0 Å². The number of nitrogens with two attached hydrogens (primary N) is 1. The highest BCUT2D eigenvalue weighted by molar-refractivity contribution is 7.80. The van der Waals surface area contributed by atoms with Crippen molar-refractivity contribution in [3.63, 3.8) is 0 Å². The van der Waals surface area contributed by atoms with Crippen molar-refractivity contribution in [1.29, 1.82) is 0 Å². The van der Waals surface area contributed by atoms with E-state index >= 15 is 0 Å². The van der Waals surface area contributed by atoms with Crippen molar-refractivity contribution in [2.45, 2.75) is 50.4 Å². The van der Waals surface area contributed by atoms with Crippen molar-refractivity contribution in [3.8, 4) is 0 Å². The monoisotopic (exact) mass is 689 g/mol. The van der Waals surface area contributed by atoms with Gasteiger partial charge in [0.2, 0.25) is 35.4 Å². The van der Waals surface area contributed by atoms with Crippen molar-refractivity contribution in [3.05, 3.63) is 90.1 Å². The Bertz CT molecular complexity index is 1760. The van der Waals surface area contributed by atoms with Crippen LogP contribution in [-0.2, 0) is 48.0 Å². The van der Waals surface area contributed by atoms with Crippen LogP contribution in [0.2, 0.25) is 0 Å². The van der Waals surface area contributed by atoms with Gasteiger partial charge >= 0.3 is 0 Å². The summed E-state index contributed by atoms with van der Waals surface area (Å²) < 4.78 is 0. The van der Waals surface area contributed by atoms with E-state index in [-0.39, 0.29) is 25.0 Å². The second-order valence-corrected chi connectivity index (χ2v) is 11.7. The molecule has 0 saturated heterocycles. The van der Waals surface area contributed by atoms with E-state index in [0.29, 0.717) is 5.69 Å². The van der Waals surface area contributed by atoms with Crippen LogP contribution in [0.4, 0.5) is 0 Å². The average molecular weight is 690 g/mol. The molecular formula is C33H39N9O6S. The first-order chi connectivity index (χ1) is 23.5. The molecule has 0 aliphatic carbocycles. The molecule has 0 fully saturated rings. The van der Waals surface area contributed by atoms with Gasteiger partial charge in [0.15, 0.2) is 0 Å². The second-order valence-electron chi connectivity index (χ2n) is 11.3. The fourth-order valence-electron chi connectivity index (χ4n) is 5.15. The van der Waals surface area contributed by atoms with Crippen LogP contribution in [0.15, 0.2) is 73.3 Å². The molecule has 0 aliphatic heterocycles. The number of para-hydroxylation sites is 1. The van der Waals surface area contributed by atoms with Crippen LogP contribution in [0.1, 0.15) is 23.7 Å². The number of aromatic amines is 2. The molecule has 2 heterocycles. The highest BCUT2D eigenvalue weighted by atomic mass is 32.1. The van der Waals surface area contributed by atoms with Gasteiger partial charge in [-0.25, -0.2) is 4.98 Å². The zero-order valence-corrected chi connectivity index (χ0v) is 27.6. The third-order valence-electron chi connectivity index (χ3n) is 7.60. The number of thiol groups is 1. The lowest BCUT2D eigenvalue weighted by Crippen LogP contribution is -2.57. The Labute approximate surface area is 287 Å². The lowest BCUT2D eigenvalue weighted by molar-refractivity contribution is -0.133. The lowest BCUT2D eigenvalue weighted by atomic mass is 10.0. The summed E-state index contributed by atoms with van der Waals surface area (Å²) in [7, 11) is 0. The van der Waals surface area contributed by atoms with Gasteiger partial charge in [0, 0.05) is 60.9 Å². The summed E-state index contributed by atoms with van der Waals surface area (Å²) in [5, 5.41) is 13.7. The quantitative estimate of drug-likeness (QED) is 0.0654. The molecule has 0 saturated carbocycles. The van der Waals surface area contributed by atoms with Gasteiger partial charge in [0.05, 0.1) is 12.9 Å². The molecule has 2 aromatic carbocycles. The number of hydrogen-bond donors (Lipinski definition) is 9. The Kier molecular flexibility index (Phi) is 12.9. The minimum absolute atomic E-state index is 0.00390. The molecular weight excluding hydrogens is 650 g/mol. The SMILES string of the molecule is CC(=O)N[C@@H](Cc1ccccc1)C(=O)N[C@H](Cc1cnc[nH]1)C(=O)NCC(=O)N[C@@H](CS)C(=O)N[C@@H](Cc1c[nH]c2ccccc12)C(N)=O. The standard InChI is InChI=1S/C33H39N9O6S/c1-19(43)39-26(11-20-7-3-2-4-8-20)32(47)42-27(13-22-15-35-18-38-22)31(46)37-16-29(44)40-28(17-49)33(48)41-25(30(34)45)12-21-14-36-24-10-6-5-9-23(21)24/h2-10,14-15,18,25-28,36,49H,11-13,16-17H2,1H3,(H2,34,45)(H,35,38)(H,37,46)(H,39,43)(H,40,44)(H,41,48)(H,42,47)/t25-,26-,27+,28-/m0/s1. The fourth-order valence-corrected chi connectivity index (χ4v) is 5.40. The van der Waals surface area contributed by atoms with E-state index in [0.717, 1.165) is 22.0 Å². The molecule has 16 heteroatoms. The number of hydrogen-bond acceptors (Lipinski definition) is 8. The molecule has 2 aromatic heterocycles. The molecule has 0 aliphatic rings. The number of nitrogens with one attached hydrogen (secondary N) is 7. The molecule has 0 bridgehead atoms. The van der Waals surface area contributed by atoms with Crippen LogP contribution in [0, 0.1) is 0 Å². The van der Waals surface area contributed by atoms with Crippen molar-refractivity contribution >= 4 is 59.0 Å². The maximum atomic E-state index is 13.3. The minimum Gasteiger partial charge on any atom is -0.368 e. The fraction of sp³-hybridized carbons (Fsp3) is 0.303. The molecule has 0 radical (unpaired) electrons. The van der Waals surface area contributed by atoms with Crippen LogP contribution in [-0.4, -0.2) is 86.9 Å².